The van der Waals surface area contributed by atoms with Crippen molar-refractivity contribution in [3.8, 4) is 5.75 Å². The van der Waals surface area contributed by atoms with Gasteiger partial charge in [0.2, 0.25) is 0 Å². The van der Waals surface area contributed by atoms with Gasteiger partial charge in [-0.1, -0.05) is 12.1 Å². The van der Waals surface area contributed by atoms with Crippen LogP contribution in [0.2, 0.25) is 0 Å². The van der Waals surface area contributed by atoms with Gasteiger partial charge in [0, 0.05) is 0 Å². The summed E-state index contributed by atoms with van der Waals surface area (Å²) in [6.45, 7) is 0.712. The minimum absolute atomic E-state index is 0.309. The molecule has 5 nitrogen and oxygen atoms in total. The summed E-state index contributed by atoms with van der Waals surface area (Å²) in [5, 5.41) is 9.04. The molecule has 2 rings (SSSR count). The number of methoxy groups -OCH3 is 1. The molecule has 0 radical (unpaired) electrons. The molecular formula is C12H14O5. The Labute approximate surface area is 98.9 Å². The standard InChI is InChI=1S/C12H14O5/c1-15-9-4-2-8(3-5-9)10-11(12(13)14)17-7-6-16-10/h2-5,10-11H,6-7H2,1H3,(H,13,14)/t10-,11-/m0/s1. The summed E-state index contributed by atoms with van der Waals surface area (Å²) in [4.78, 5) is 11.0. The van der Waals surface area contributed by atoms with Gasteiger partial charge in [-0.05, 0) is 17.7 Å². The van der Waals surface area contributed by atoms with Crippen molar-refractivity contribution in [2.75, 3.05) is 20.3 Å². The zero-order valence-electron chi connectivity index (χ0n) is 9.46. The van der Waals surface area contributed by atoms with Crippen molar-refractivity contribution in [1.82, 2.24) is 0 Å². The number of ether oxygens (including phenoxy) is 3. The molecule has 0 amide bonds. The summed E-state index contributed by atoms with van der Waals surface area (Å²) in [7, 11) is 1.58. The lowest BCUT2D eigenvalue weighted by atomic mass is 10.0. The Kier molecular flexibility index (Phi) is 3.61. The molecule has 1 N–H and O–H groups in total. The van der Waals surface area contributed by atoms with Crippen LogP contribution in [0.15, 0.2) is 24.3 Å². The van der Waals surface area contributed by atoms with Gasteiger partial charge in [0.15, 0.2) is 6.10 Å². The Morgan fingerprint density at radius 1 is 1.29 bits per heavy atom. The van der Waals surface area contributed by atoms with E-state index < -0.39 is 18.2 Å². The molecule has 0 spiro atoms. The number of carbonyl (C=O) groups is 1. The molecule has 1 aromatic rings. The number of aliphatic carboxylic acids is 1. The average Bonchev–Trinajstić information content (AvgIpc) is 2.39. The van der Waals surface area contributed by atoms with E-state index >= 15 is 0 Å². The monoisotopic (exact) mass is 238 g/mol. The summed E-state index contributed by atoms with van der Waals surface area (Å²) in [5.74, 6) is -0.289. The van der Waals surface area contributed by atoms with Crippen molar-refractivity contribution in [2.45, 2.75) is 12.2 Å². The molecule has 1 aromatic carbocycles. The van der Waals surface area contributed by atoms with Crippen molar-refractivity contribution < 1.29 is 24.1 Å². The second-order valence-corrected chi connectivity index (χ2v) is 3.69. The SMILES string of the molecule is COc1ccc([C@@H]2OCCO[C@@H]2C(=O)O)cc1. The van der Waals surface area contributed by atoms with Crippen LogP contribution in [0.5, 0.6) is 5.75 Å². The molecule has 1 aliphatic heterocycles. The molecule has 2 atom stereocenters. The fourth-order valence-corrected chi connectivity index (χ4v) is 1.79. The van der Waals surface area contributed by atoms with Gasteiger partial charge in [-0.25, -0.2) is 4.79 Å². The van der Waals surface area contributed by atoms with Crippen LogP contribution < -0.4 is 4.74 Å². The number of hydrogen-bond donors (Lipinski definition) is 1. The van der Waals surface area contributed by atoms with Gasteiger partial charge in [0.25, 0.3) is 0 Å². The zero-order chi connectivity index (χ0) is 12.3. The normalized spacial score (nSPS) is 24.3. The van der Waals surface area contributed by atoms with E-state index in [4.69, 9.17) is 19.3 Å². The summed E-state index contributed by atoms with van der Waals surface area (Å²) in [6.07, 6.45) is -1.51. The zero-order valence-corrected chi connectivity index (χ0v) is 9.46. The van der Waals surface area contributed by atoms with E-state index in [1.165, 1.54) is 0 Å². The van der Waals surface area contributed by atoms with Crippen molar-refractivity contribution in [1.29, 1.82) is 0 Å². The third-order valence-electron chi connectivity index (χ3n) is 2.64. The molecule has 0 aromatic heterocycles. The van der Waals surface area contributed by atoms with Crippen LogP contribution in [-0.4, -0.2) is 37.5 Å². The number of hydrogen-bond acceptors (Lipinski definition) is 4. The lowest BCUT2D eigenvalue weighted by molar-refractivity contribution is -0.181. The van der Waals surface area contributed by atoms with Gasteiger partial charge in [-0.2, -0.15) is 0 Å². The van der Waals surface area contributed by atoms with Gasteiger partial charge in [-0.3, -0.25) is 0 Å². The van der Waals surface area contributed by atoms with E-state index in [1.54, 1.807) is 31.4 Å². The lowest BCUT2D eigenvalue weighted by Gasteiger charge is -2.29. The van der Waals surface area contributed by atoms with E-state index in [2.05, 4.69) is 0 Å². The van der Waals surface area contributed by atoms with Gasteiger partial charge in [0.1, 0.15) is 11.9 Å². The largest absolute Gasteiger partial charge is 0.497 e. The predicted molar refractivity (Wildman–Crippen MR) is 59.1 cm³/mol. The summed E-state index contributed by atoms with van der Waals surface area (Å²) < 4.78 is 15.7. The van der Waals surface area contributed by atoms with Crippen LogP contribution in [-0.2, 0) is 14.3 Å². The molecule has 0 saturated carbocycles. The summed E-state index contributed by atoms with van der Waals surface area (Å²) in [6, 6.07) is 7.11. The van der Waals surface area contributed by atoms with E-state index in [0.29, 0.717) is 13.2 Å². The molecule has 17 heavy (non-hydrogen) atoms. The third-order valence-corrected chi connectivity index (χ3v) is 2.64. The summed E-state index contributed by atoms with van der Waals surface area (Å²) in [5.41, 5.74) is 0.776. The van der Waals surface area contributed by atoms with Crippen LogP contribution in [0, 0.1) is 0 Å². The van der Waals surface area contributed by atoms with Gasteiger partial charge in [-0.15, -0.1) is 0 Å². The molecule has 5 heteroatoms. The third kappa shape index (κ3) is 2.57. The summed E-state index contributed by atoms with van der Waals surface area (Å²) >= 11 is 0. The first kappa shape index (κ1) is 11.9. The Morgan fingerprint density at radius 2 is 1.94 bits per heavy atom. The van der Waals surface area contributed by atoms with Crippen LogP contribution in [0.1, 0.15) is 11.7 Å². The Morgan fingerprint density at radius 3 is 2.53 bits per heavy atom. The fraction of sp³-hybridized carbons (Fsp3) is 0.417. The number of benzene rings is 1. The van der Waals surface area contributed by atoms with Crippen molar-refractivity contribution in [3.63, 3.8) is 0 Å². The number of rotatable bonds is 3. The quantitative estimate of drug-likeness (QED) is 0.858. The molecule has 0 unspecified atom stereocenters. The Balaban J connectivity index is 2.20. The van der Waals surface area contributed by atoms with Crippen LogP contribution in [0.25, 0.3) is 0 Å². The van der Waals surface area contributed by atoms with Crippen molar-refractivity contribution >= 4 is 5.97 Å². The first-order chi connectivity index (χ1) is 8.22. The van der Waals surface area contributed by atoms with E-state index in [9.17, 15) is 4.79 Å². The highest BCUT2D eigenvalue weighted by atomic mass is 16.6. The van der Waals surface area contributed by atoms with Gasteiger partial charge < -0.3 is 19.3 Å². The topological polar surface area (TPSA) is 65.0 Å². The molecule has 1 aliphatic rings. The predicted octanol–water partition coefficient (Wildman–Crippen LogP) is 1.24. The second-order valence-electron chi connectivity index (χ2n) is 3.69. The Hall–Kier alpha value is -1.59. The first-order valence-electron chi connectivity index (χ1n) is 5.32. The molecule has 1 heterocycles. The minimum Gasteiger partial charge on any atom is -0.497 e. The van der Waals surface area contributed by atoms with Crippen molar-refractivity contribution in [3.05, 3.63) is 29.8 Å². The first-order valence-corrected chi connectivity index (χ1v) is 5.32. The van der Waals surface area contributed by atoms with E-state index in [0.717, 1.165) is 11.3 Å². The van der Waals surface area contributed by atoms with Crippen LogP contribution in [0.4, 0.5) is 0 Å². The van der Waals surface area contributed by atoms with E-state index in [-0.39, 0.29) is 0 Å². The van der Waals surface area contributed by atoms with Gasteiger partial charge >= 0.3 is 5.97 Å². The minimum atomic E-state index is -1.01. The molecule has 0 aliphatic carbocycles. The highest BCUT2D eigenvalue weighted by Crippen LogP contribution is 2.28. The highest BCUT2D eigenvalue weighted by Gasteiger charge is 2.34. The maximum Gasteiger partial charge on any atom is 0.335 e. The molecular weight excluding hydrogens is 224 g/mol. The number of carboxylic acids is 1. The Bertz CT molecular complexity index is 386. The smallest absolute Gasteiger partial charge is 0.335 e. The fourth-order valence-electron chi connectivity index (χ4n) is 1.79. The van der Waals surface area contributed by atoms with E-state index in [1.807, 2.05) is 0 Å². The molecule has 1 saturated heterocycles. The lowest BCUT2D eigenvalue weighted by Crippen LogP contribution is -2.38. The van der Waals surface area contributed by atoms with Crippen LogP contribution >= 0.6 is 0 Å². The second kappa shape index (κ2) is 5.16. The van der Waals surface area contributed by atoms with Crippen molar-refractivity contribution in [2.24, 2.45) is 0 Å². The molecule has 92 valence electrons. The van der Waals surface area contributed by atoms with Crippen LogP contribution in [0.3, 0.4) is 0 Å². The average molecular weight is 238 g/mol. The van der Waals surface area contributed by atoms with Gasteiger partial charge in [0.05, 0.1) is 20.3 Å². The highest BCUT2D eigenvalue weighted by molar-refractivity contribution is 5.73. The maximum atomic E-state index is 11.0. The maximum absolute atomic E-state index is 11.0. The molecule has 0 bridgehead atoms. The molecule has 1 fully saturated rings. The number of carboxylic acid groups (broad SMARTS) is 1.